The number of aromatic nitrogens is 1. The van der Waals surface area contributed by atoms with E-state index in [1.165, 1.54) is 23.5 Å². The van der Waals surface area contributed by atoms with E-state index in [2.05, 4.69) is 4.98 Å². The largest absolute Gasteiger partial charge is 0.336 e. The average Bonchev–Trinajstić information content (AvgIpc) is 3.06. The highest BCUT2D eigenvalue weighted by atomic mass is 35.5. The van der Waals surface area contributed by atoms with Crippen LogP contribution in [0.5, 0.6) is 0 Å². The summed E-state index contributed by atoms with van der Waals surface area (Å²) in [6.07, 6.45) is 0. The van der Waals surface area contributed by atoms with Gasteiger partial charge < -0.3 is 4.90 Å². The maximum absolute atomic E-state index is 12.9. The predicted molar refractivity (Wildman–Crippen MR) is 94.8 cm³/mol. The zero-order chi connectivity index (χ0) is 17.1. The minimum atomic E-state index is -0.293. The second kappa shape index (κ2) is 7.11. The van der Waals surface area contributed by atoms with Crippen molar-refractivity contribution in [2.45, 2.75) is 6.54 Å². The summed E-state index contributed by atoms with van der Waals surface area (Å²) in [7, 11) is 1.70. The molecule has 0 spiro atoms. The van der Waals surface area contributed by atoms with E-state index < -0.39 is 0 Å². The van der Waals surface area contributed by atoms with Gasteiger partial charge in [0, 0.05) is 29.6 Å². The Morgan fingerprint density at radius 3 is 2.71 bits per heavy atom. The van der Waals surface area contributed by atoms with Crippen LogP contribution >= 0.6 is 22.9 Å². The summed E-state index contributed by atoms with van der Waals surface area (Å²) in [6.45, 7) is 0.392. The molecule has 0 aliphatic carbocycles. The molecule has 0 saturated heterocycles. The van der Waals surface area contributed by atoms with Crippen LogP contribution in [-0.4, -0.2) is 22.8 Å². The van der Waals surface area contributed by atoms with Crippen molar-refractivity contribution < 1.29 is 9.18 Å². The van der Waals surface area contributed by atoms with E-state index in [0.717, 1.165) is 16.1 Å². The number of halogens is 2. The third kappa shape index (κ3) is 3.80. The lowest BCUT2D eigenvalue weighted by Crippen LogP contribution is -2.26. The Morgan fingerprint density at radius 2 is 2.00 bits per heavy atom. The van der Waals surface area contributed by atoms with Crippen molar-refractivity contribution in [2.24, 2.45) is 0 Å². The fourth-order valence-corrected chi connectivity index (χ4v) is 3.24. The minimum Gasteiger partial charge on any atom is -0.336 e. The van der Waals surface area contributed by atoms with Gasteiger partial charge in [0.25, 0.3) is 5.91 Å². The van der Waals surface area contributed by atoms with Gasteiger partial charge in [-0.3, -0.25) is 4.79 Å². The monoisotopic (exact) mass is 360 g/mol. The van der Waals surface area contributed by atoms with E-state index in [1.54, 1.807) is 35.5 Å². The maximum atomic E-state index is 12.9. The first kappa shape index (κ1) is 16.6. The Labute approximate surface area is 148 Å². The van der Waals surface area contributed by atoms with Crippen LogP contribution in [0.15, 0.2) is 53.9 Å². The van der Waals surface area contributed by atoms with Crippen LogP contribution in [0.25, 0.3) is 10.6 Å². The Kier molecular flexibility index (Phi) is 4.92. The second-order valence-corrected chi connectivity index (χ2v) is 6.63. The van der Waals surface area contributed by atoms with Crippen molar-refractivity contribution in [3.05, 3.63) is 76.0 Å². The predicted octanol–water partition coefficient (Wildman–Crippen LogP) is 4.87. The first-order chi connectivity index (χ1) is 11.5. The number of amides is 1. The first-order valence-electron chi connectivity index (χ1n) is 7.24. The zero-order valence-electron chi connectivity index (χ0n) is 12.9. The fourth-order valence-electron chi connectivity index (χ4n) is 2.26. The molecule has 0 radical (unpaired) electrons. The molecule has 0 N–H and O–H groups in total. The SMILES string of the molecule is CN(Cc1ccc(F)cc1)C(=O)c1csc(-c2cccc(Cl)c2)n1. The number of carbonyl (C=O) groups is 1. The van der Waals surface area contributed by atoms with Crippen LogP contribution in [-0.2, 0) is 6.54 Å². The third-order valence-electron chi connectivity index (χ3n) is 3.47. The molecule has 2 aromatic carbocycles. The summed E-state index contributed by atoms with van der Waals surface area (Å²) in [5.41, 5.74) is 2.13. The van der Waals surface area contributed by atoms with Gasteiger partial charge in [-0.05, 0) is 29.8 Å². The number of rotatable bonds is 4. The molecule has 0 saturated carbocycles. The second-order valence-electron chi connectivity index (χ2n) is 5.34. The van der Waals surface area contributed by atoms with Crippen LogP contribution in [0.3, 0.4) is 0 Å². The van der Waals surface area contributed by atoms with E-state index in [9.17, 15) is 9.18 Å². The van der Waals surface area contributed by atoms with Crippen molar-refractivity contribution in [3.63, 3.8) is 0 Å². The smallest absolute Gasteiger partial charge is 0.273 e. The number of hydrogen-bond donors (Lipinski definition) is 0. The lowest BCUT2D eigenvalue weighted by atomic mass is 10.2. The molecule has 0 bridgehead atoms. The highest BCUT2D eigenvalue weighted by molar-refractivity contribution is 7.13. The van der Waals surface area contributed by atoms with Crippen LogP contribution in [0.4, 0.5) is 4.39 Å². The minimum absolute atomic E-state index is 0.177. The molecular formula is C18H14ClFN2OS. The Bertz CT molecular complexity index is 863. The van der Waals surface area contributed by atoms with Gasteiger partial charge in [0.2, 0.25) is 0 Å². The van der Waals surface area contributed by atoms with Gasteiger partial charge in [-0.2, -0.15) is 0 Å². The van der Waals surface area contributed by atoms with E-state index >= 15 is 0 Å². The average molecular weight is 361 g/mol. The maximum Gasteiger partial charge on any atom is 0.273 e. The Morgan fingerprint density at radius 1 is 1.25 bits per heavy atom. The molecule has 1 amide bonds. The molecule has 1 aromatic heterocycles. The summed E-state index contributed by atoms with van der Waals surface area (Å²) >= 11 is 7.39. The van der Waals surface area contributed by atoms with Gasteiger partial charge in [0.05, 0.1) is 0 Å². The van der Waals surface area contributed by atoms with Gasteiger partial charge in [-0.1, -0.05) is 35.9 Å². The molecule has 122 valence electrons. The van der Waals surface area contributed by atoms with Crippen molar-refractivity contribution in [1.82, 2.24) is 9.88 Å². The quantitative estimate of drug-likeness (QED) is 0.664. The van der Waals surface area contributed by atoms with Gasteiger partial charge in [0.1, 0.15) is 16.5 Å². The zero-order valence-corrected chi connectivity index (χ0v) is 14.4. The summed E-state index contributed by atoms with van der Waals surface area (Å²) in [5.74, 6) is -0.470. The molecule has 0 fully saturated rings. The van der Waals surface area contributed by atoms with Crippen molar-refractivity contribution in [2.75, 3.05) is 7.05 Å². The highest BCUT2D eigenvalue weighted by Gasteiger charge is 2.16. The number of nitrogens with zero attached hydrogens (tertiary/aromatic N) is 2. The topological polar surface area (TPSA) is 33.2 Å². The molecule has 0 aliphatic heterocycles. The molecule has 3 rings (SSSR count). The van der Waals surface area contributed by atoms with Crippen molar-refractivity contribution >= 4 is 28.8 Å². The number of hydrogen-bond acceptors (Lipinski definition) is 3. The van der Waals surface area contributed by atoms with E-state index in [1.807, 2.05) is 18.2 Å². The molecule has 0 unspecified atom stereocenters. The van der Waals surface area contributed by atoms with Crippen LogP contribution in [0.1, 0.15) is 16.1 Å². The Hall–Kier alpha value is -2.24. The summed E-state index contributed by atoms with van der Waals surface area (Å²) in [4.78, 5) is 18.5. The molecule has 3 aromatic rings. The third-order valence-corrected chi connectivity index (χ3v) is 4.60. The summed E-state index contributed by atoms with van der Waals surface area (Å²) in [5, 5.41) is 3.11. The van der Waals surface area contributed by atoms with Crippen LogP contribution in [0, 0.1) is 5.82 Å². The standard InChI is InChI=1S/C18H14ClFN2OS/c1-22(10-12-5-7-15(20)8-6-12)18(23)16-11-24-17(21-16)13-3-2-4-14(19)9-13/h2-9,11H,10H2,1H3. The van der Waals surface area contributed by atoms with E-state index in [-0.39, 0.29) is 11.7 Å². The lowest BCUT2D eigenvalue weighted by molar-refractivity contribution is 0.0780. The van der Waals surface area contributed by atoms with Crippen LogP contribution in [0.2, 0.25) is 5.02 Å². The van der Waals surface area contributed by atoms with Gasteiger partial charge in [-0.25, -0.2) is 9.37 Å². The number of thiazole rings is 1. The van der Waals surface area contributed by atoms with E-state index in [0.29, 0.717) is 17.3 Å². The van der Waals surface area contributed by atoms with Crippen molar-refractivity contribution in [1.29, 1.82) is 0 Å². The lowest BCUT2D eigenvalue weighted by Gasteiger charge is -2.15. The van der Waals surface area contributed by atoms with Gasteiger partial charge >= 0.3 is 0 Å². The molecule has 1 heterocycles. The molecule has 3 nitrogen and oxygen atoms in total. The van der Waals surface area contributed by atoms with E-state index in [4.69, 9.17) is 11.6 Å². The van der Waals surface area contributed by atoms with Crippen LogP contribution < -0.4 is 0 Å². The normalized spacial score (nSPS) is 10.6. The number of carbonyl (C=O) groups excluding carboxylic acids is 1. The molecule has 0 aliphatic rings. The highest BCUT2D eigenvalue weighted by Crippen LogP contribution is 2.26. The van der Waals surface area contributed by atoms with Crippen molar-refractivity contribution in [3.8, 4) is 10.6 Å². The number of benzene rings is 2. The molecule has 6 heteroatoms. The summed E-state index contributed by atoms with van der Waals surface area (Å²) < 4.78 is 12.9. The Balaban J connectivity index is 1.74. The molecular weight excluding hydrogens is 347 g/mol. The fraction of sp³-hybridized carbons (Fsp3) is 0.111. The summed E-state index contributed by atoms with van der Waals surface area (Å²) in [6, 6.07) is 13.5. The van der Waals surface area contributed by atoms with Gasteiger partial charge in [-0.15, -0.1) is 11.3 Å². The van der Waals surface area contributed by atoms with Gasteiger partial charge in [0.15, 0.2) is 0 Å². The molecule has 0 atom stereocenters. The first-order valence-corrected chi connectivity index (χ1v) is 8.50. The molecule has 24 heavy (non-hydrogen) atoms.